The van der Waals surface area contributed by atoms with Crippen LogP contribution in [0.3, 0.4) is 0 Å². The number of anilines is 1. The second-order valence-corrected chi connectivity index (χ2v) is 5.47. The summed E-state index contributed by atoms with van der Waals surface area (Å²) in [5.74, 6) is 2.77. The first-order valence-corrected chi connectivity index (χ1v) is 8.15. The molecule has 0 saturated heterocycles. The van der Waals surface area contributed by atoms with Crippen molar-refractivity contribution in [3.63, 3.8) is 0 Å². The number of nitrogens with one attached hydrogen (secondary N) is 2. The van der Waals surface area contributed by atoms with Crippen molar-refractivity contribution >= 4 is 35.6 Å². The summed E-state index contributed by atoms with van der Waals surface area (Å²) >= 11 is 0. The molecule has 2 N–H and O–H groups in total. The standard InChI is InChI=1S/C18H22N4O3.HI/c1-19-18(21-12-13-6-7-20-17(10-13)23-2)22-14-4-5-15-16(11-14)25-9-3-8-24-15;/h4-7,10-11H,3,8-9,12H2,1-2H3,(H2,19,21,22);1H. The highest BCUT2D eigenvalue weighted by molar-refractivity contribution is 14.0. The van der Waals surface area contributed by atoms with E-state index in [1.807, 2.05) is 30.3 Å². The van der Waals surface area contributed by atoms with Crippen molar-refractivity contribution in [2.45, 2.75) is 13.0 Å². The zero-order chi connectivity index (χ0) is 17.5. The first-order valence-electron chi connectivity index (χ1n) is 8.15. The van der Waals surface area contributed by atoms with E-state index in [-0.39, 0.29) is 24.0 Å². The second-order valence-electron chi connectivity index (χ2n) is 5.47. The number of benzene rings is 1. The van der Waals surface area contributed by atoms with Crippen molar-refractivity contribution in [1.29, 1.82) is 0 Å². The van der Waals surface area contributed by atoms with Crippen molar-refractivity contribution in [3.8, 4) is 17.4 Å². The first-order chi connectivity index (χ1) is 12.3. The molecule has 140 valence electrons. The van der Waals surface area contributed by atoms with E-state index in [2.05, 4.69) is 20.6 Å². The van der Waals surface area contributed by atoms with Crippen LogP contribution in [0.1, 0.15) is 12.0 Å². The molecule has 2 aromatic rings. The maximum absolute atomic E-state index is 5.71. The summed E-state index contributed by atoms with van der Waals surface area (Å²) in [6, 6.07) is 9.58. The van der Waals surface area contributed by atoms with Crippen LogP contribution in [0.5, 0.6) is 17.4 Å². The molecule has 0 saturated carbocycles. The van der Waals surface area contributed by atoms with Gasteiger partial charge in [-0.1, -0.05) is 0 Å². The van der Waals surface area contributed by atoms with E-state index in [0.29, 0.717) is 31.6 Å². The van der Waals surface area contributed by atoms with Crippen LogP contribution < -0.4 is 24.8 Å². The number of fused-ring (bicyclic) bond motifs is 1. The normalized spacial score (nSPS) is 13.2. The van der Waals surface area contributed by atoms with Crippen LogP contribution in [-0.2, 0) is 6.54 Å². The van der Waals surface area contributed by atoms with Crippen molar-refractivity contribution < 1.29 is 14.2 Å². The highest BCUT2D eigenvalue weighted by Crippen LogP contribution is 2.32. The third kappa shape index (κ3) is 5.38. The number of halogens is 1. The molecule has 2 heterocycles. The second kappa shape index (κ2) is 10.0. The van der Waals surface area contributed by atoms with Crippen molar-refractivity contribution in [3.05, 3.63) is 42.1 Å². The summed E-state index contributed by atoms with van der Waals surface area (Å²) in [5.41, 5.74) is 1.93. The molecular formula is C18H23IN4O3. The molecule has 0 bridgehead atoms. The fourth-order valence-corrected chi connectivity index (χ4v) is 2.41. The average Bonchev–Trinajstić information content (AvgIpc) is 2.90. The smallest absolute Gasteiger partial charge is 0.213 e. The predicted octanol–water partition coefficient (Wildman–Crippen LogP) is 3.06. The minimum absolute atomic E-state index is 0. The quantitative estimate of drug-likeness (QED) is 0.407. The monoisotopic (exact) mass is 470 g/mol. The first kappa shape index (κ1) is 20.1. The molecule has 0 fully saturated rings. The third-order valence-corrected chi connectivity index (χ3v) is 3.70. The van der Waals surface area contributed by atoms with Crippen LogP contribution in [0.2, 0.25) is 0 Å². The Morgan fingerprint density at radius 3 is 2.77 bits per heavy atom. The van der Waals surface area contributed by atoms with Crippen LogP contribution in [0.15, 0.2) is 41.5 Å². The highest BCUT2D eigenvalue weighted by atomic mass is 127. The van der Waals surface area contributed by atoms with E-state index in [0.717, 1.165) is 29.2 Å². The van der Waals surface area contributed by atoms with Gasteiger partial charge in [-0.05, 0) is 23.8 Å². The number of guanidine groups is 1. The van der Waals surface area contributed by atoms with E-state index in [1.54, 1.807) is 20.4 Å². The lowest BCUT2D eigenvalue weighted by atomic mass is 10.2. The van der Waals surface area contributed by atoms with Crippen LogP contribution in [0, 0.1) is 0 Å². The molecule has 3 rings (SSSR count). The maximum atomic E-state index is 5.71. The van der Waals surface area contributed by atoms with Gasteiger partial charge in [-0.25, -0.2) is 4.98 Å². The van der Waals surface area contributed by atoms with Crippen LogP contribution in [0.25, 0.3) is 0 Å². The van der Waals surface area contributed by atoms with Gasteiger partial charge in [0.15, 0.2) is 17.5 Å². The Labute approximate surface area is 170 Å². The average molecular weight is 470 g/mol. The molecule has 1 aliphatic heterocycles. The molecule has 0 amide bonds. The Hall–Kier alpha value is -2.23. The fourth-order valence-electron chi connectivity index (χ4n) is 2.41. The summed E-state index contributed by atoms with van der Waals surface area (Å²) in [7, 11) is 3.33. The van der Waals surface area contributed by atoms with Crippen LogP contribution in [-0.4, -0.2) is 38.3 Å². The molecule has 1 aromatic carbocycles. The van der Waals surface area contributed by atoms with Gasteiger partial charge in [-0.2, -0.15) is 0 Å². The molecule has 0 spiro atoms. The van der Waals surface area contributed by atoms with Crippen molar-refractivity contribution in [2.24, 2.45) is 4.99 Å². The molecule has 7 nitrogen and oxygen atoms in total. The number of pyridine rings is 1. The van der Waals surface area contributed by atoms with Crippen LogP contribution in [0.4, 0.5) is 5.69 Å². The molecule has 8 heteroatoms. The van der Waals surface area contributed by atoms with Gasteiger partial charge >= 0.3 is 0 Å². The summed E-state index contributed by atoms with van der Waals surface area (Å²) in [6.45, 7) is 1.94. The molecular weight excluding hydrogens is 447 g/mol. The third-order valence-electron chi connectivity index (χ3n) is 3.70. The number of aliphatic imine (C=N–C) groups is 1. The lowest BCUT2D eigenvalue weighted by molar-refractivity contribution is 0.297. The number of hydrogen-bond donors (Lipinski definition) is 2. The zero-order valence-corrected chi connectivity index (χ0v) is 17.2. The largest absolute Gasteiger partial charge is 0.490 e. The van der Waals surface area contributed by atoms with Crippen molar-refractivity contribution in [2.75, 3.05) is 32.7 Å². The Morgan fingerprint density at radius 2 is 2.00 bits per heavy atom. The fraction of sp³-hybridized carbons (Fsp3) is 0.333. The molecule has 0 radical (unpaired) electrons. The molecule has 26 heavy (non-hydrogen) atoms. The number of methoxy groups -OCH3 is 1. The Morgan fingerprint density at radius 1 is 1.19 bits per heavy atom. The lowest BCUT2D eigenvalue weighted by Gasteiger charge is -2.14. The van der Waals surface area contributed by atoms with Crippen LogP contribution >= 0.6 is 24.0 Å². The zero-order valence-electron chi connectivity index (χ0n) is 14.8. The Kier molecular flexibility index (Phi) is 7.76. The van der Waals surface area contributed by atoms with E-state index >= 15 is 0 Å². The van der Waals surface area contributed by atoms with E-state index in [1.165, 1.54) is 0 Å². The maximum Gasteiger partial charge on any atom is 0.213 e. The molecule has 0 unspecified atom stereocenters. The van der Waals surface area contributed by atoms with Gasteiger partial charge in [-0.15, -0.1) is 24.0 Å². The van der Waals surface area contributed by atoms with E-state index in [9.17, 15) is 0 Å². The Bertz CT molecular complexity index is 755. The van der Waals surface area contributed by atoms with E-state index in [4.69, 9.17) is 14.2 Å². The molecule has 1 aromatic heterocycles. The number of rotatable bonds is 4. The summed E-state index contributed by atoms with van der Waals surface area (Å²) in [5, 5.41) is 6.52. The van der Waals surface area contributed by atoms with Gasteiger partial charge in [0.2, 0.25) is 5.88 Å². The predicted molar refractivity (Wildman–Crippen MR) is 112 cm³/mol. The number of nitrogens with zero attached hydrogens (tertiary/aromatic N) is 2. The minimum atomic E-state index is 0. The molecule has 1 aliphatic rings. The Balaban J connectivity index is 0.00000243. The van der Waals surface area contributed by atoms with Crippen molar-refractivity contribution in [1.82, 2.24) is 10.3 Å². The van der Waals surface area contributed by atoms with E-state index < -0.39 is 0 Å². The molecule has 0 atom stereocenters. The van der Waals surface area contributed by atoms with Gasteiger partial charge in [0.25, 0.3) is 0 Å². The SMILES string of the molecule is CN=C(NCc1ccnc(OC)c1)Nc1ccc2c(c1)OCCCO2.I. The van der Waals surface area contributed by atoms with Gasteiger partial charge in [0.1, 0.15) is 0 Å². The lowest BCUT2D eigenvalue weighted by Crippen LogP contribution is -2.30. The topological polar surface area (TPSA) is 77.0 Å². The van der Waals surface area contributed by atoms with Gasteiger partial charge in [0.05, 0.1) is 20.3 Å². The summed E-state index contributed by atoms with van der Waals surface area (Å²) < 4.78 is 16.5. The van der Waals surface area contributed by atoms with Gasteiger partial charge in [0, 0.05) is 44.0 Å². The summed E-state index contributed by atoms with van der Waals surface area (Å²) in [4.78, 5) is 8.35. The van der Waals surface area contributed by atoms with Gasteiger partial charge < -0.3 is 24.8 Å². The number of aromatic nitrogens is 1. The minimum Gasteiger partial charge on any atom is -0.490 e. The van der Waals surface area contributed by atoms with Gasteiger partial charge in [-0.3, -0.25) is 4.99 Å². The summed E-state index contributed by atoms with van der Waals surface area (Å²) in [6.07, 6.45) is 2.60. The highest BCUT2D eigenvalue weighted by Gasteiger charge is 2.11. The number of hydrogen-bond acceptors (Lipinski definition) is 5. The molecule has 0 aliphatic carbocycles. The number of ether oxygens (including phenoxy) is 3.